The van der Waals surface area contributed by atoms with E-state index < -0.39 is 0 Å². The van der Waals surface area contributed by atoms with Crippen molar-refractivity contribution in [1.29, 1.82) is 0 Å². The van der Waals surface area contributed by atoms with Crippen molar-refractivity contribution in [3.05, 3.63) is 58.6 Å². The molecule has 1 aliphatic heterocycles. The molecule has 0 amide bonds. The lowest BCUT2D eigenvalue weighted by molar-refractivity contribution is 0.117. The third-order valence-corrected chi connectivity index (χ3v) is 5.12. The van der Waals surface area contributed by atoms with Crippen LogP contribution in [-0.2, 0) is 4.74 Å². The monoisotopic (exact) mass is 393 g/mol. The van der Waals surface area contributed by atoms with Gasteiger partial charge in [0.1, 0.15) is 11.4 Å². The number of para-hydroxylation sites is 1. The number of ether oxygens (including phenoxy) is 1. The third-order valence-electron chi connectivity index (χ3n) is 5.12. The maximum absolute atomic E-state index is 12.7. The average Bonchev–Trinajstić information content (AvgIpc) is 3.46. The minimum atomic E-state index is -0.256. The molecule has 4 heterocycles. The highest BCUT2D eigenvalue weighted by Gasteiger charge is 2.38. The fraction of sp³-hybridized carbons (Fsp3) is 0.316. The summed E-state index contributed by atoms with van der Waals surface area (Å²) in [5.74, 6) is 1.45. The summed E-state index contributed by atoms with van der Waals surface area (Å²) in [5, 5.41) is 8.67. The van der Waals surface area contributed by atoms with Crippen LogP contribution in [-0.4, -0.2) is 49.6 Å². The minimum absolute atomic E-state index is 0.0489. The lowest BCUT2D eigenvalue weighted by Gasteiger charge is -2.22. The molecule has 3 aromatic heterocycles. The van der Waals surface area contributed by atoms with Crippen molar-refractivity contribution in [2.24, 2.45) is 0 Å². The summed E-state index contributed by atoms with van der Waals surface area (Å²) < 4.78 is 12.6. The Hall–Kier alpha value is -3.53. The van der Waals surface area contributed by atoms with Crippen LogP contribution in [0.1, 0.15) is 24.2 Å². The molecule has 10 nitrogen and oxygen atoms in total. The van der Waals surface area contributed by atoms with E-state index >= 15 is 0 Å². The lowest BCUT2D eigenvalue weighted by atomic mass is 10.2. The molecule has 2 unspecified atom stereocenters. The van der Waals surface area contributed by atoms with Crippen molar-refractivity contribution in [3.63, 3.8) is 0 Å². The van der Waals surface area contributed by atoms with Gasteiger partial charge in [0.2, 0.25) is 11.8 Å². The highest BCUT2D eigenvalue weighted by molar-refractivity contribution is 5.76. The first-order chi connectivity index (χ1) is 14.1. The van der Waals surface area contributed by atoms with Gasteiger partial charge in [-0.3, -0.25) is 9.78 Å². The van der Waals surface area contributed by atoms with Crippen molar-refractivity contribution >= 4 is 17.0 Å². The second kappa shape index (κ2) is 6.82. The third kappa shape index (κ3) is 2.97. The fourth-order valence-corrected chi connectivity index (χ4v) is 3.69. The van der Waals surface area contributed by atoms with Crippen LogP contribution in [0.3, 0.4) is 0 Å². The molecule has 0 aliphatic carbocycles. The van der Waals surface area contributed by atoms with E-state index in [4.69, 9.17) is 14.2 Å². The lowest BCUT2D eigenvalue weighted by Crippen LogP contribution is -2.29. The van der Waals surface area contributed by atoms with Gasteiger partial charge < -0.3 is 14.2 Å². The van der Waals surface area contributed by atoms with E-state index in [1.165, 1.54) is 6.20 Å². The Labute approximate surface area is 165 Å². The molecule has 4 aromatic rings. The fourth-order valence-electron chi connectivity index (χ4n) is 3.69. The first-order valence-corrected chi connectivity index (χ1v) is 9.27. The number of nitrogens with zero attached hydrogens (tertiary/aromatic N) is 6. The van der Waals surface area contributed by atoms with Crippen molar-refractivity contribution in [2.45, 2.75) is 25.5 Å². The van der Waals surface area contributed by atoms with Crippen molar-refractivity contribution in [1.82, 2.24) is 29.9 Å². The standard InChI is InChI=1S/C19H19N7O3/c1-11-21-18(29-24-11)15-8-13(28-2)10-25(15)19-22-16-14(17(27)23-19)9-20-26(16)12-6-4-3-5-7-12/h3-7,9,13,15H,8,10H2,1-2H3,(H,22,23,27). The Balaban J connectivity index is 1.63. The van der Waals surface area contributed by atoms with Crippen LogP contribution in [0.15, 0.2) is 45.8 Å². The zero-order valence-corrected chi connectivity index (χ0v) is 15.9. The number of hydrogen-bond donors (Lipinski definition) is 1. The van der Waals surface area contributed by atoms with Crippen LogP contribution in [0.2, 0.25) is 0 Å². The summed E-state index contributed by atoms with van der Waals surface area (Å²) >= 11 is 0. The van der Waals surface area contributed by atoms with Gasteiger partial charge in [-0.05, 0) is 19.1 Å². The van der Waals surface area contributed by atoms with Gasteiger partial charge >= 0.3 is 0 Å². The Morgan fingerprint density at radius 3 is 2.79 bits per heavy atom. The summed E-state index contributed by atoms with van der Waals surface area (Å²) in [6.45, 7) is 2.31. The highest BCUT2D eigenvalue weighted by Crippen LogP contribution is 2.35. The number of H-pyrrole nitrogens is 1. The summed E-state index contributed by atoms with van der Waals surface area (Å²) in [6.07, 6.45) is 2.13. The second-order valence-corrected chi connectivity index (χ2v) is 6.96. The van der Waals surface area contributed by atoms with Gasteiger partial charge in [0.15, 0.2) is 11.5 Å². The van der Waals surface area contributed by atoms with Crippen LogP contribution < -0.4 is 10.5 Å². The van der Waals surface area contributed by atoms with Gasteiger partial charge in [-0.1, -0.05) is 23.4 Å². The smallest absolute Gasteiger partial charge is 0.263 e. The van der Waals surface area contributed by atoms with Gasteiger partial charge in [-0.2, -0.15) is 15.1 Å². The summed E-state index contributed by atoms with van der Waals surface area (Å²) in [5.41, 5.74) is 1.05. The minimum Gasteiger partial charge on any atom is -0.380 e. The molecule has 2 atom stereocenters. The van der Waals surface area contributed by atoms with Gasteiger partial charge in [-0.15, -0.1) is 0 Å². The van der Waals surface area contributed by atoms with Crippen LogP contribution >= 0.6 is 0 Å². The summed E-state index contributed by atoms with van der Waals surface area (Å²) in [4.78, 5) is 26.6. The van der Waals surface area contributed by atoms with E-state index in [1.807, 2.05) is 35.2 Å². The molecule has 1 aliphatic rings. The molecule has 1 aromatic carbocycles. The molecule has 10 heteroatoms. The number of benzene rings is 1. The van der Waals surface area contributed by atoms with E-state index in [1.54, 1.807) is 18.7 Å². The number of nitrogens with one attached hydrogen (secondary N) is 1. The average molecular weight is 393 g/mol. The molecule has 0 spiro atoms. The van der Waals surface area contributed by atoms with Crippen molar-refractivity contribution < 1.29 is 9.26 Å². The first-order valence-electron chi connectivity index (χ1n) is 9.27. The van der Waals surface area contributed by atoms with E-state index in [9.17, 15) is 4.79 Å². The number of anilines is 1. The molecule has 1 saturated heterocycles. The Bertz CT molecular complexity index is 1210. The van der Waals surface area contributed by atoms with E-state index in [0.717, 1.165) is 5.69 Å². The van der Waals surface area contributed by atoms with Gasteiger partial charge in [0.05, 0.1) is 18.0 Å². The maximum Gasteiger partial charge on any atom is 0.263 e. The topological polar surface area (TPSA) is 115 Å². The normalized spacial score (nSPS) is 19.3. The number of rotatable bonds is 4. The van der Waals surface area contributed by atoms with Crippen LogP contribution in [0, 0.1) is 6.92 Å². The number of fused-ring (bicyclic) bond motifs is 1. The van der Waals surface area contributed by atoms with Crippen LogP contribution in [0.25, 0.3) is 16.7 Å². The molecule has 1 N–H and O–H groups in total. The van der Waals surface area contributed by atoms with E-state index in [-0.39, 0.29) is 17.7 Å². The Morgan fingerprint density at radius 1 is 1.24 bits per heavy atom. The van der Waals surface area contributed by atoms with Crippen molar-refractivity contribution in [3.8, 4) is 5.69 Å². The quantitative estimate of drug-likeness (QED) is 0.558. The predicted octanol–water partition coefficient (Wildman–Crippen LogP) is 1.77. The predicted molar refractivity (Wildman–Crippen MR) is 104 cm³/mol. The number of aromatic nitrogens is 6. The zero-order valence-electron chi connectivity index (χ0n) is 15.9. The molecule has 0 radical (unpaired) electrons. The molecular formula is C19H19N7O3. The van der Waals surface area contributed by atoms with Gasteiger partial charge in [0, 0.05) is 20.1 Å². The Kier molecular flexibility index (Phi) is 4.13. The first kappa shape index (κ1) is 17.6. The highest BCUT2D eigenvalue weighted by atomic mass is 16.5. The van der Waals surface area contributed by atoms with E-state index in [0.29, 0.717) is 41.7 Å². The zero-order chi connectivity index (χ0) is 20.0. The number of hydrogen-bond acceptors (Lipinski definition) is 8. The number of aryl methyl sites for hydroxylation is 1. The molecule has 1 fully saturated rings. The summed E-state index contributed by atoms with van der Waals surface area (Å²) in [6, 6.07) is 9.33. The number of aromatic amines is 1. The maximum atomic E-state index is 12.7. The largest absolute Gasteiger partial charge is 0.380 e. The number of methoxy groups -OCH3 is 1. The molecule has 148 valence electrons. The molecular weight excluding hydrogens is 374 g/mol. The van der Waals surface area contributed by atoms with Crippen molar-refractivity contribution in [2.75, 3.05) is 18.6 Å². The molecule has 0 saturated carbocycles. The molecule has 5 rings (SSSR count). The van der Waals surface area contributed by atoms with E-state index in [2.05, 4.69) is 20.2 Å². The second-order valence-electron chi connectivity index (χ2n) is 6.96. The van der Waals surface area contributed by atoms with Gasteiger partial charge in [-0.25, -0.2) is 4.68 Å². The van der Waals surface area contributed by atoms with Crippen LogP contribution in [0.4, 0.5) is 5.95 Å². The van der Waals surface area contributed by atoms with Crippen LogP contribution in [0.5, 0.6) is 0 Å². The Morgan fingerprint density at radius 2 is 2.07 bits per heavy atom. The van der Waals surface area contributed by atoms with Gasteiger partial charge in [0.25, 0.3) is 5.56 Å². The SMILES string of the molecule is COC1CC(c2nc(C)no2)N(c2nc3c(cnn3-c3ccccc3)c(=O)[nH]2)C1. The molecule has 0 bridgehead atoms. The molecule has 29 heavy (non-hydrogen) atoms. The summed E-state index contributed by atoms with van der Waals surface area (Å²) in [7, 11) is 1.66.